The molecule has 0 spiro atoms. The van der Waals surface area contributed by atoms with E-state index in [1.54, 1.807) is 18.2 Å². The molecule has 0 amide bonds. The monoisotopic (exact) mass is 407 g/mol. The molecule has 0 saturated heterocycles. The Morgan fingerprint density at radius 2 is 1.41 bits per heavy atom. The summed E-state index contributed by atoms with van der Waals surface area (Å²) in [5.41, 5.74) is 3.30. The highest BCUT2D eigenvalue weighted by Gasteiger charge is 2.13. The summed E-state index contributed by atoms with van der Waals surface area (Å²) in [4.78, 5) is 29.2. The first-order valence-electron chi connectivity index (χ1n) is 8.73. The molecule has 0 aliphatic rings. The molecule has 0 atom stereocenters. The third-order valence-electron chi connectivity index (χ3n) is 4.73. The average Bonchev–Trinajstić information content (AvgIpc) is 2.67. The van der Waals surface area contributed by atoms with E-state index in [1.165, 1.54) is 12.1 Å². The van der Waals surface area contributed by atoms with E-state index < -0.39 is 21.3 Å². The van der Waals surface area contributed by atoms with E-state index >= 15 is 0 Å². The summed E-state index contributed by atoms with van der Waals surface area (Å²) in [5.74, 6) is 0. The topological polar surface area (TPSA) is 126 Å². The fourth-order valence-corrected chi connectivity index (χ4v) is 3.75. The Labute approximate surface area is 165 Å². The van der Waals surface area contributed by atoms with Gasteiger partial charge < -0.3 is 4.98 Å². The quantitative estimate of drug-likeness (QED) is 0.482. The molecule has 0 aliphatic heterocycles. The van der Waals surface area contributed by atoms with Gasteiger partial charge in [0.15, 0.2) is 0 Å². The van der Waals surface area contributed by atoms with Gasteiger partial charge in [-0.3, -0.25) is 9.78 Å². The van der Waals surface area contributed by atoms with Gasteiger partial charge in [-0.15, -0.1) is 0 Å². The molecular weight excluding hydrogens is 390 g/mol. The maximum Gasteiger partial charge on any atom is 0.326 e. The molecule has 4 N–H and O–H groups in total. The van der Waals surface area contributed by atoms with Crippen molar-refractivity contribution in [1.29, 1.82) is 0 Å². The van der Waals surface area contributed by atoms with Crippen LogP contribution < -0.4 is 16.4 Å². The molecule has 0 unspecified atom stereocenters. The first-order chi connectivity index (χ1) is 13.7. The smallest absolute Gasteiger partial charge is 0.306 e. The first kappa shape index (κ1) is 18.9. The van der Waals surface area contributed by atoms with Crippen LogP contribution in [0.15, 0.2) is 75.1 Å². The number of nitrogens with one attached hydrogen (secondary N) is 2. The van der Waals surface area contributed by atoms with Gasteiger partial charge in [0.2, 0.25) is 10.0 Å². The van der Waals surface area contributed by atoms with Gasteiger partial charge in [-0.2, -0.15) is 0 Å². The minimum atomic E-state index is -3.83. The fourth-order valence-electron chi connectivity index (χ4n) is 3.24. The number of aryl methyl sites for hydroxylation is 1. The number of H-pyrrole nitrogens is 2. The van der Waals surface area contributed by atoms with Crippen molar-refractivity contribution in [2.75, 3.05) is 0 Å². The van der Waals surface area contributed by atoms with E-state index in [-0.39, 0.29) is 4.90 Å². The Morgan fingerprint density at radius 1 is 0.793 bits per heavy atom. The highest BCUT2D eigenvalue weighted by Crippen LogP contribution is 2.32. The van der Waals surface area contributed by atoms with Crippen LogP contribution in [0, 0.1) is 6.92 Å². The number of fused-ring (bicyclic) bond motifs is 1. The number of aromatic nitrogens is 2. The third-order valence-corrected chi connectivity index (χ3v) is 5.66. The molecule has 8 heteroatoms. The Kier molecular flexibility index (Phi) is 4.45. The number of hydrogen-bond acceptors (Lipinski definition) is 4. The van der Waals surface area contributed by atoms with Gasteiger partial charge in [-0.05, 0) is 47.9 Å². The molecule has 7 nitrogen and oxygen atoms in total. The Hall–Kier alpha value is -3.49. The van der Waals surface area contributed by atoms with Gasteiger partial charge in [-0.1, -0.05) is 42.0 Å². The minimum absolute atomic E-state index is 0.0217. The van der Waals surface area contributed by atoms with Gasteiger partial charge >= 0.3 is 5.69 Å². The SMILES string of the molecule is Cc1ccc(-c2cc(-c3ccc(S(N)(=O)=O)cc3)c3[nH]c(=O)[nH]c(=O)c3c2)cc1. The fraction of sp³-hybridized carbons (Fsp3) is 0.0476. The van der Waals surface area contributed by atoms with Crippen LogP contribution in [0.25, 0.3) is 33.2 Å². The molecule has 146 valence electrons. The minimum Gasteiger partial charge on any atom is -0.306 e. The highest BCUT2D eigenvalue weighted by molar-refractivity contribution is 7.89. The Morgan fingerprint density at radius 3 is 2.03 bits per heavy atom. The first-order valence-corrected chi connectivity index (χ1v) is 10.3. The van der Waals surface area contributed by atoms with Crippen LogP contribution in [0.3, 0.4) is 0 Å². The zero-order valence-corrected chi connectivity index (χ0v) is 16.2. The number of hydrogen-bond donors (Lipinski definition) is 3. The van der Waals surface area contributed by atoms with Crippen LogP contribution >= 0.6 is 0 Å². The second-order valence-corrected chi connectivity index (χ2v) is 8.35. The molecule has 29 heavy (non-hydrogen) atoms. The summed E-state index contributed by atoms with van der Waals surface area (Å²) in [7, 11) is -3.83. The number of primary sulfonamides is 1. The number of sulfonamides is 1. The van der Waals surface area contributed by atoms with Crippen molar-refractivity contribution < 1.29 is 8.42 Å². The third kappa shape index (κ3) is 3.63. The lowest BCUT2D eigenvalue weighted by molar-refractivity contribution is 0.598. The number of aromatic amines is 2. The number of nitrogens with two attached hydrogens (primary N) is 1. The summed E-state index contributed by atoms with van der Waals surface area (Å²) in [6.07, 6.45) is 0. The molecule has 0 bridgehead atoms. The summed E-state index contributed by atoms with van der Waals surface area (Å²) in [6, 6.07) is 17.4. The Balaban J connectivity index is 2.02. The molecule has 0 fully saturated rings. The molecule has 4 rings (SSSR count). The van der Waals surface area contributed by atoms with Crippen LogP contribution in [0.5, 0.6) is 0 Å². The van der Waals surface area contributed by atoms with E-state index in [2.05, 4.69) is 9.97 Å². The van der Waals surface area contributed by atoms with Crippen LogP contribution in [-0.4, -0.2) is 18.4 Å². The summed E-state index contributed by atoms with van der Waals surface area (Å²) in [6.45, 7) is 1.98. The molecule has 1 aromatic heterocycles. The van der Waals surface area contributed by atoms with E-state index in [4.69, 9.17) is 5.14 Å². The summed E-state index contributed by atoms with van der Waals surface area (Å²) < 4.78 is 23.1. The predicted molar refractivity (Wildman–Crippen MR) is 112 cm³/mol. The lowest BCUT2D eigenvalue weighted by atomic mass is 9.95. The van der Waals surface area contributed by atoms with Crippen molar-refractivity contribution in [2.45, 2.75) is 11.8 Å². The highest BCUT2D eigenvalue weighted by atomic mass is 32.2. The number of benzene rings is 3. The maximum atomic E-state index is 12.4. The average molecular weight is 407 g/mol. The molecular formula is C21H17N3O4S. The zero-order chi connectivity index (χ0) is 20.8. The lowest BCUT2D eigenvalue weighted by Gasteiger charge is -2.11. The second kappa shape index (κ2) is 6.84. The standard InChI is InChI=1S/C21H17N3O4S/c1-12-2-4-13(5-3-12)15-10-17(14-6-8-16(9-7-14)29(22,27)28)19-18(11-15)20(25)24-21(26)23-19/h2-11H,1H3,(H2,22,27,28)(H2,23,24,25,26). The van der Waals surface area contributed by atoms with Crippen LogP contribution in [0.4, 0.5) is 0 Å². The van der Waals surface area contributed by atoms with E-state index in [1.807, 2.05) is 37.3 Å². The van der Waals surface area contributed by atoms with E-state index in [0.717, 1.165) is 16.7 Å². The summed E-state index contributed by atoms with van der Waals surface area (Å²) in [5, 5.41) is 5.49. The van der Waals surface area contributed by atoms with Crippen molar-refractivity contribution >= 4 is 20.9 Å². The van der Waals surface area contributed by atoms with E-state index in [0.29, 0.717) is 22.0 Å². The molecule has 0 aliphatic carbocycles. The zero-order valence-electron chi connectivity index (χ0n) is 15.4. The Bertz CT molecular complexity index is 1450. The molecule has 1 heterocycles. The molecule has 0 radical (unpaired) electrons. The number of rotatable bonds is 3. The van der Waals surface area contributed by atoms with Crippen molar-refractivity contribution in [3.8, 4) is 22.3 Å². The van der Waals surface area contributed by atoms with Crippen molar-refractivity contribution in [3.63, 3.8) is 0 Å². The normalized spacial score (nSPS) is 11.7. The molecule has 3 aromatic carbocycles. The van der Waals surface area contributed by atoms with Crippen LogP contribution in [-0.2, 0) is 10.0 Å². The van der Waals surface area contributed by atoms with Crippen molar-refractivity contribution in [1.82, 2.24) is 9.97 Å². The van der Waals surface area contributed by atoms with Gasteiger partial charge in [0.05, 0.1) is 15.8 Å². The molecule has 4 aromatic rings. The van der Waals surface area contributed by atoms with Crippen LogP contribution in [0.2, 0.25) is 0 Å². The van der Waals surface area contributed by atoms with Gasteiger partial charge in [0.25, 0.3) is 5.56 Å². The lowest BCUT2D eigenvalue weighted by Crippen LogP contribution is -2.22. The van der Waals surface area contributed by atoms with Crippen molar-refractivity contribution in [3.05, 3.63) is 87.1 Å². The second-order valence-electron chi connectivity index (χ2n) is 6.79. The summed E-state index contributed by atoms with van der Waals surface area (Å²) >= 11 is 0. The molecule has 0 saturated carbocycles. The largest absolute Gasteiger partial charge is 0.326 e. The van der Waals surface area contributed by atoms with Crippen molar-refractivity contribution in [2.24, 2.45) is 5.14 Å². The van der Waals surface area contributed by atoms with Gasteiger partial charge in [0.1, 0.15) is 0 Å². The predicted octanol–water partition coefficient (Wildman–Crippen LogP) is 2.51. The van der Waals surface area contributed by atoms with Crippen LogP contribution in [0.1, 0.15) is 5.56 Å². The maximum absolute atomic E-state index is 12.4. The van der Waals surface area contributed by atoms with Gasteiger partial charge in [-0.25, -0.2) is 18.4 Å². The van der Waals surface area contributed by atoms with E-state index in [9.17, 15) is 18.0 Å². The van der Waals surface area contributed by atoms with Gasteiger partial charge in [0, 0.05) is 5.56 Å².